The normalized spacial score (nSPS) is 11.4. The number of hydrogen-bond donors (Lipinski definition) is 0. The van der Waals surface area contributed by atoms with E-state index in [9.17, 15) is 110 Å². The molecule has 0 N–H and O–H groups in total. The highest BCUT2D eigenvalue weighted by Crippen LogP contribution is 2.40. The first-order valence-electron chi connectivity index (χ1n) is 32.1. The zero-order chi connectivity index (χ0) is 88.5. The molecule has 0 saturated heterocycles. The predicted octanol–water partition coefficient (Wildman–Crippen LogP) is 34.2. The summed E-state index contributed by atoms with van der Waals surface area (Å²) in [7, 11) is 0. The van der Waals surface area contributed by atoms with Gasteiger partial charge in [-0.3, -0.25) is 0 Å². The minimum absolute atomic E-state index is 0.105. The van der Waals surface area contributed by atoms with Crippen molar-refractivity contribution >= 4 is 92.8 Å². The Balaban J connectivity index is 0.000000634. The van der Waals surface area contributed by atoms with Crippen LogP contribution in [-0.4, -0.2) is 0 Å². The first-order chi connectivity index (χ1) is 51.7. The third-order valence-corrected chi connectivity index (χ3v) is 17.1. The molecule has 624 valence electrons. The molecule has 0 nitrogen and oxygen atoms in total. The van der Waals surface area contributed by atoms with Crippen LogP contribution in [0.5, 0.6) is 0 Å². The van der Waals surface area contributed by atoms with E-state index in [1.54, 1.807) is 79.7 Å². The van der Waals surface area contributed by atoms with Gasteiger partial charge in [-0.2, -0.15) is 92.2 Å². The quantitative estimate of drug-likeness (QED) is 0.133. The summed E-state index contributed by atoms with van der Waals surface area (Å²) in [6.07, 6.45) is -30.5. The van der Waals surface area contributed by atoms with E-state index in [0.29, 0.717) is 49.0 Å². The molecule has 0 atom stereocenters. The van der Waals surface area contributed by atoms with Gasteiger partial charge in [-0.25, -0.2) is 17.6 Å². The first-order valence-corrected chi connectivity index (χ1v) is 35.1. The van der Waals surface area contributed by atoms with Crippen LogP contribution in [-0.2, 0) is 48.6 Å². The van der Waals surface area contributed by atoms with E-state index in [4.69, 9.17) is 92.8 Å². The van der Waals surface area contributed by atoms with Crippen molar-refractivity contribution in [1.29, 1.82) is 0 Å². The second-order valence-corrected chi connectivity index (χ2v) is 28.6. The molecule has 10 rings (SSSR count). The van der Waals surface area contributed by atoms with Crippen molar-refractivity contribution in [1.82, 2.24) is 0 Å². The Morgan fingerprint density at radius 3 is 1.00 bits per heavy atom. The maximum absolute atomic E-state index is 13.4. The highest BCUT2D eigenvalue weighted by atomic mass is 35.5. The molecule has 10 aromatic rings. The second kappa shape index (κ2) is 44.9. The fourth-order valence-corrected chi connectivity index (χ4v) is 10.3. The van der Waals surface area contributed by atoms with Gasteiger partial charge in [-0.05, 0) is 223 Å². The van der Waals surface area contributed by atoms with Crippen molar-refractivity contribution < 1.29 is 110 Å². The van der Waals surface area contributed by atoms with Gasteiger partial charge >= 0.3 is 43.2 Å². The lowest BCUT2D eigenvalue weighted by Crippen LogP contribution is -2.16. The summed E-state index contributed by atoms with van der Waals surface area (Å²) < 4.78 is 305. The third-order valence-electron chi connectivity index (χ3n) is 14.2. The maximum atomic E-state index is 13.4. The summed E-state index contributed by atoms with van der Waals surface area (Å²) >= 11 is 44.1. The van der Waals surface area contributed by atoms with Gasteiger partial charge in [0.25, 0.3) is 0 Å². The molecular formula is C81H69Cl8F25. The molecule has 0 aliphatic carbocycles. The minimum atomic E-state index is -4.60. The molecular weight excluding hydrogens is 1730 g/mol. The van der Waals surface area contributed by atoms with Crippen LogP contribution in [0.1, 0.15) is 121 Å². The summed E-state index contributed by atoms with van der Waals surface area (Å²) in [4.78, 5) is 0. The van der Waals surface area contributed by atoms with Gasteiger partial charge in [0.2, 0.25) is 0 Å². The van der Waals surface area contributed by atoms with Crippen LogP contribution < -0.4 is 0 Å². The SMILES string of the molecule is Cc1cc(Cl)cc(C(F)(F)F)c1.Cc1cc(F)c(C(C)(C)C)c(F)c1.Cc1ccc(C(F)(F)F)cc1Cl.Cc1ccc(Cl)c(C(F)(F)F)c1.Cc1ccc(Cl)cc1C(F)(F)F.Cc1ccc(F)c(C(F)(F)F)c1.Cc1ccc(F)c(Cl)c1.Cc1cccc(C(F)(F)F)c1.Cc1cccc(C(F)(F)F)c1Cl.Cc1cccc(Cl)c1Cl. The summed E-state index contributed by atoms with van der Waals surface area (Å²) in [6.45, 7) is 21.7. The van der Waals surface area contributed by atoms with Crippen LogP contribution in [0.3, 0.4) is 0 Å². The van der Waals surface area contributed by atoms with E-state index in [-0.39, 0.29) is 47.1 Å². The molecule has 0 saturated carbocycles. The largest absolute Gasteiger partial charge is 0.419 e. The Labute approximate surface area is 682 Å². The van der Waals surface area contributed by atoms with Crippen LogP contribution in [0.2, 0.25) is 40.2 Å². The van der Waals surface area contributed by atoms with Crippen molar-refractivity contribution in [2.75, 3.05) is 0 Å². The molecule has 10 aromatic carbocycles. The van der Waals surface area contributed by atoms with Gasteiger partial charge in [0, 0.05) is 20.6 Å². The van der Waals surface area contributed by atoms with Gasteiger partial charge in [0.05, 0.1) is 64.1 Å². The summed E-state index contributed by atoms with van der Waals surface area (Å²) in [5.41, 5.74) is 0.204. The first kappa shape index (κ1) is 105. The molecule has 0 fully saturated rings. The van der Waals surface area contributed by atoms with Crippen molar-refractivity contribution in [3.63, 3.8) is 0 Å². The highest BCUT2D eigenvalue weighted by Gasteiger charge is 2.37. The molecule has 0 amide bonds. The van der Waals surface area contributed by atoms with Gasteiger partial charge in [-0.1, -0.05) is 203 Å². The van der Waals surface area contributed by atoms with Gasteiger partial charge in [-0.15, -0.1) is 0 Å². The lowest BCUT2D eigenvalue weighted by Gasteiger charge is -2.20. The van der Waals surface area contributed by atoms with Crippen molar-refractivity contribution in [3.05, 3.63) is 346 Å². The molecule has 33 heteroatoms. The van der Waals surface area contributed by atoms with Gasteiger partial charge in [0.15, 0.2) is 0 Å². The molecule has 0 unspecified atom stereocenters. The Hall–Kier alpha value is -7.23. The van der Waals surface area contributed by atoms with Crippen molar-refractivity contribution in [2.24, 2.45) is 0 Å². The minimum Gasteiger partial charge on any atom is -0.207 e. The van der Waals surface area contributed by atoms with E-state index in [1.807, 2.05) is 26.0 Å². The Morgan fingerprint density at radius 2 is 0.623 bits per heavy atom. The summed E-state index contributed by atoms with van der Waals surface area (Å²) in [6, 6.07) is 39.2. The number of alkyl halides is 21. The Bertz CT molecular complexity index is 4490. The van der Waals surface area contributed by atoms with Gasteiger partial charge in [0.1, 0.15) is 23.3 Å². The van der Waals surface area contributed by atoms with Crippen LogP contribution in [0, 0.1) is 92.5 Å². The maximum Gasteiger partial charge on any atom is 0.419 e. The fourth-order valence-electron chi connectivity index (χ4n) is 8.60. The third kappa shape index (κ3) is 38.2. The fraction of sp³-hybridized carbons (Fsp3) is 0.259. The number of halogens is 33. The second-order valence-electron chi connectivity index (χ2n) is 25.3. The molecule has 0 radical (unpaired) electrons. The van der Waals surface area contributed by atoms with Crippen LogP contribution in [0.25, 0.3) is 0 Å². The van der Waals surface area contributed by atoms with E-state index >= 15 is 0 Å². The average molecular weight is 1800 g/mol. The molecule has 114 heavy (non-hydrogen) atoms. The van der Waals surface area contributed by atoms with Crippen LogP contribution in [0.15, 0.2) is 182 Å². The number of aryl methyl sites for hydroxylation is 10. The zero-order valence-electron chi connectivity index (χ0n) is 61.8. The van der Waals surface area contributed by atoms with Gasteiger partial charge < -0.3 is 0 Å². The Morgan fingerprint density at radius 1 is 0.219 bits per heavy atom. The molecule has 0 bridgehead atoms. The van der Waals surface area contributed by atoms with Crippen LogP contribution >= 0.6 is 92.8 Å². The number of benzene rings is 10. The van der Waals surface area contributed by atoms with Crippen molar-refractivity contribution in [2.45, 2.75) is 139 Å². The molecule has 0 aliphatic heterocycles. The monoisotopic (exact) mass is 1800 g/mol. The highest BCUT2D eigenvalue weighted by molar-refractivity contribution is 6.42. The molecule has 0 aromatic heterocycles. The van der Waals surface area contributed by atoms with E-state index in [2.05, 4.69) is 0 Å². The average Bonchev–Trinajstić information content (AvgIpc) is 0.809. The molecule has 0 aliphatic rings. The van der Waals surface area contributed by atoms with E-state index < -0.39 is 105 Å². The molecule has 0 spiro atoms. The Kier molecular flexibility index (Phi) is 41.3. The molecule has 0 heterocycles. The lowest BCUT2D eigenvalue weighted by molar-refractivity contribution is -0.140. The topological polar surface area (TPSA) is 0 Å². The summed E-state index contributed by atoms with van der Waals surface area (Å²) in [5, 5.41) is 1.35. The summed E-state index contributed by atoms with van der Waals surface area (Å²) in [5.74, 6) is -2.50. The number of hydrogen-bond acceptors (Lipinski definition) is 0. The lowest BCUT2D eigenvalue weighted by atomic mass is 9.86. The predicted molar refractivity (Wildman–Crippen MR) is 405 cm³/mol. The van der Waals surface area contributed by atoms with Crippen LogP contribution in [0.4, 0.5) is 110 Å². The smallest absolute Gasteiger partial charge is 0.207 e. The van der Waals surface area contributed by atoms with Crippen molar-refractivity contribution in [3.8, 4) is 0 Å². The number of rotatable bonds is 0. The standard InChI is InChI=1S/C11H14F2.5C8H6ClF3.C8H6F4.C8H7F3.C7H6Cl2.C7H6ClF/c1-7-5-8(12)10(9(13)6-7)11(2,3)4;1-5-2-6(8(10,11)12)4-7(9)3-5;1-5-2-3-6(9)4-7(5)8(10,11)12;1-5-2-3-6(4-7(5)9)8(10,11)12;1-5-2-3-7(9)6(4-5)8(10,11)12;1-5-3-2-4-6(7(5)9)8(10,11)12;1-5-2-3-7(9)6(4-5)8(10,11)12;1-6-3-2-4-7(5-6)8(9,10)11;1-5-3-2-4-6(8)7(5)9;1-5-2-3-7(9)6(8)4-5/h5-6H,1-4H3;6*2-4H,1H3;2-5H,1H3;2*2-4H,1H3. The van der Waals surface area contributed by atoms with E-state index in [1.165, 1.54) is 99.6 Å². The zero-order valence-corrected chi connectivity index (χ0v) is 67.8. The van der Waals surface area contributed by atoms with E-state index in [0.717, 1.165) is 77.9 Å².